The molecule has 0 spiro atoms. The molecule has 3 atom stereocenters. The van der Waals surface area contributed by atoms with Gasteiger partial charge in [-0.3, -0.25) is 14.6 Å². The Bertz CT molecular complexity index is 328. The van der Waals surface area contributed by atoms with Crippen LogP contribution in [0.1, 0.15) is 44.9 Å². The van der Waals surface area contributed by atoms with Crippen LogP contribution in [-0.2, 0) is 4.79 Å². The lowest BCUT2D eigenvalue weighted by Crippen LogP contribution is -2.44. The van der Waals surface area contributed by atoms with Crippen LogP contribution in [-0.4, -0.2) is 59.1 Å². The lowest BCUT2D eigenvalue weighted by atomic mass is 10.0. The molecule has 2 heterocycles. The average molecular weight is 266 g/mol. The molecule has 3 fully saturated rings. The number of carbonyl (C=O) groups is 1. The summed E-state index contributed by atoms with van der Waals surface area (Å²) >= 11 is 0. The van der Waals surface area contributed by atoms with Gasteiger partial charge < -0.3 is 5.11 Å². The van der Waals surface area contributed by atoms with Gasteiger partial charge in [0, 0.05) is 25.2 Å². The summed E-state index contributed by atoms with van der Waals surface area (Å²) in [5.74, 6) is -0.691. The second-order valence-electron chi connectivity index (χ2n) is 6.48. The fraction of sp³-hybridized carbons (Fsp3) is 0.933. The number of hydrogen-bond donors (Lipinski definition) is 1. The van der Waals surface area contributed by atoms with Crippen molar-refractivity contribution < 1.29 is 9.90 Å². The van der Waals surface area contributed by atoms with Crippen molar-refractivity contribution in [1.82, 2.24) is 9.80 Å². The Hall–Kier alpha value is -0.610. The summed E-state index contributed by atoms with van der Waals surface area (Å²) in [4.78, 5) is 16.4. The molecule has 0 aromatic heterocycles. The topological polar surface area (TPSA) is 43.8 Å². The molecule has 108 valence electrons. The summed E-state index contributed by atoms with van der Waals surface area (Å²) in [6.45, 7) is 4.72. The monoisotopic (exact) mass is 266 g/mol. The lowest BCUT2D eigenvalue weighted by Gasteiger charge is -2.33. The first-order valence-corrected chi connectivity index (χ1v) is 7.96. The molecule has 0 amide bonds. The van der Waals surface area contributed by atoms with E-state index in [0.717, 1.165) is 32.4 Å². The van der Waals surface area contributed by atoms with E-state index in [1.54, 1.807) is 0 Å². The summed E-state index contributed by atoms with van der Waals surface area (Å²) in [7, 11) is 0. The van der Waals surface area contributed by atoms with Crippen LogP contribution in [0.4, 0.5) is 0 Å². The summed E-state index contributed by atoms with van der Waals surface area (Å²) in [5.41, 5.74) is 0. The van der Waals surface area contributed by atoms with Crippen LogP contribution < -0.4 is 0 Å². The highest BCUT2D eigenvalue weighted by Crippen LogP contribution is 2.33. The molecule has 3 rings (SSSR count). The summed E-state index contributed by atoms with van der Waals surface area (Å²) < 4.78 is 0. The third-order valence-corrected chi connectivity index (χ3v) is 5.37. The van der Waals surface area contributed by atoms with E-state index in [2.05, 4.69) is 9.80 Å². The SMILES string of the molecule is O=C(O)C1CCCC1N1CCC(N2CCCCC2)C1. The number of carboxylic acid groups (broad SMARTS) is 1. The van der Waals surface area contributed by atoms with Gasteiger partial charge in [-0.1, -0.05) is 12.8 Å². The second-order valence-corrected chi connectivity index (χ2v) is 6.48. The Morgan fingerprint density at radius 3 is 2.42 bits per heavy atom. The Kier molecular flexibility index (Phi) is 4.08. The van der Waals surface area contributed by atoms with Crippen LogP contribution in [0.25, 0.3) is 0 Å². The van der Waals surface area contributed by atoms with E-state index in [-0.39, 0.29) is 5.92 Å². The third-order valence-electron chi connectivity index (χ3n) is 5.37. The quantitative estimate of drug-likeness (QED) is 0.846. The first kappa shape index (κ1) is 13.4. The van der Waals surface area contributed by atoms with Crippen LogP contribution in [0.15, 0.2) is 0 Å². The smallest absolute Gasteiger partial charge is 0.308 e. The van der Waals surface area contributed by atoms with E-state index in [4.69, 9.17) is 0 Å². The predicted molar refractivity (Wildman–Crippen MR) is 74.2 cm³/mol. The van der Waals surface area contributed by atoms with Gasteiger partial charge in [-0.2, -0.15) is 0 Å². The Balaban J connectivity index is 1.57. The van der Waals surface area contributed by atoms with Gasteiger partial charge in [0.15, 0.2) is 0 Å². The third kappa shape index (κ3) is 2.79. The van der Waals surface area contributed by atoms with Gasteiger partial charge in [0.05, 0.1) is 5.92 Å². The number of piperidine rings is 1. The zero-order valence-electron chi connectivity index (χ0n) is 11.8. The molecular weight excluding hydrogens is 240 g/mol. The molecule has 4 heteroatoms. The van der Waals surface area contributed by atoms with Gasteiger partial charge in [-0.05, 0) is 45.2 Å². The highest BCUT2D eigenvalue weighted by Gasteiger charge is 2.40. The van der Waals surface area contributed by atoms with Crippen LogP contribution in [0.3, 0.4) is 0 Å². The van der Waals surface area contributed by atoms with Crippen molar-refractivity contribution in [1.29, 1.82) is 0 Å². The van der Waals surface area contributed by atoms with Crippen molar-refractivity contribution >= 4 is 5.97 Å². The maximum atomic E-state index is 11.3. The average Bonchev–Trinajstić information content (AvgIpc) is 3.08. The minimum absolute atomic E-state index is 0.111. The zero-order valence-corrected chi connectivity index (χ0v) is 11.8. The molecule has 2 saturated heterocycles. The lowest BCUT2D eigenvalue weighted by molar-refractivity contribution is -0.143. The van der Waals surface area contributed by atoms with Gasteiger partial charge >= 0.3 is 5.97 Å². The first-order chi connectivity index (χ1) is 9.25. The van der Waals surface area contributed by atoms with Crippen molar-refractivity contribution in [3.05, 3.63) is 0 Å². The number of carboxylic acids is 1. The maximum absolute atomic E-state index is 11.3. The van der Waals surface area contributed by atoms with Crippen LogP contribution in [0.2, 0.25) is 0 Å². The van der Waals surface area contributed by atoms with E-state index >= 15 is 0 Å². The van der Waals surface area contributed by atoms with Crippen molar-refractivity contribution in [2.75, 3.05) is 26.2 Å². The van der Waals surface area contributed by atoms with E-state index in [1.165, 1.54) is 38.8 Å². The molecule has 4 nitrogen and oxygen atoms in total. The van der Waals surface area contributed by atoms with Crippen molar-refractivity contribution in [2.45, 2.75) is 57.0 Å². The fourth-order valence-corrected chi connectivity index (χ4v) is 4.32. The Morgan fingerprint density at radius 1 is 0.895 bits per heavy atom. The number of aliphatic carboxylic acids is 1. The standard InChI is InChI=1S/C15H26N2O2/c18-15(19)13-5-4-6-14(13)17-10-7-12(11-17)16-8-2-1-3-9-16/h12-14H,1-11H2,(H,18,19). The van der Waals surface area contributed by atoms with E-state index in [0.29, 0.717) is 12.1 Å². The molecule has 3 aliphatic rings. The molecule has 1 N–H and O–H groups in total. The highest BCUT2D eigenvalue weighted by molar-refractivity contribution is 5.71. The summed E-state index contributed by atoms with van der Waals surface area (Å²) in [6, 6.07) is 1.00. The number of hydrogen-bond acceptors (Lipinski definition) is 3. The second kappa shape index (κ2) is 5.80. The molecule has 0 aromatic rings. The molecule has 1 saturated carbocycles. The van der Waals surface area contributed by atoms with E-state index < -0.39 is 5.97 Å². The molecule has 0 bridgehead atoms. The van der Waals surface area contributed by atoms with Crippen LogP contribution in [0.5, 0.6) is 0 Å². The van der Waals surface area contributed by atoms with Gasteiger partial charge in [-0.15, -0.1) is 0 Å². The number of likely N-dealkylation sites (tertiary alicyclic amines) is 2. The summed E-state index contributed by atoms with van der Waals surface area (Å²) in [5, 5.41) is 9.32. The molecule has 3 unspecified atom stereocenters. The van der Waals surface area contributed by atoms with Gasteiger partial charge in [0.2, 0.25) is 0 Å². The predicted octanol–water partition coefficient (Wildman–Crippen LogP) is 1.80. The van der Waals surface area contributed by atoms with E-state index in [9.17, 15) is 9.90 Å². The van der Waals surface area contributed by atoms with Gasteiger partial charge in [0.1, 0.15) is 0 Å². The van der Waals surface area contributed by atoms with Gasteiger partial charge in [0.25, 0.3) is 0 Å². The minimum atomic E-state index is -0.580. The van der Waals surface area contributed by atoms with Crippen molar-refractivity contribution in [3.8, 4) is 0 Å². The molecule has 0 radical (unpaired) electrons. The minimum Gasteiger partial charge on any atom is -0.481 e. The Labute approximate surface area is 115 Å². The first-order valence-electron chi connectivity index (χ1n) is 7.96. The van der Waals surface area contributed by atoms with Crippen LogP contribution >= 0.6 is 0 Å². The van der Waals surface area contributed by atoms with Crippen molar-refractivity contribution in [3.63, 3.8) is 0 Å². The van der Waals surface area contributed by atoms with Crippen molar-refractivity contribution in [2.24, 2.45) is 5.92 Å². The molecule has 0 aromatic carbocycles. The normalized spacial score (nSPS) is 37.8. The Morgan fingerprint density at radius 2 is 1.68 bits per heavy atom. The number of nitrogens with zero attached hydrogens (tertiary/aromatic N) is 2. The highest BCUT2D eigenvalue weighted by atomic mass is 16.4. The molecule has 2 aliphatic heterocycles. The fourth-order valence-electron chi connectivity index (χ4n) is 4.32. The van der Waals surface area contributed by atoms with E-state index in [1.807, 2.05) is 0 Å². The van der Waals surface area contributed by atoms with Gasteiger partial charge in [-0.25, -0.2) is 0 Å². The molecular formula is C15H26N2O2. The maximum Gasteiger partial charge on any atom is 0.308 e. The largest absolute Gasteiger partial charge is 0.481 e. The molecule has 19 heavy (non-hydrogen) atoms. The zero-order chi connectivity index (χ0) is 13.2. The number of rotatable bonds is 3. The molecule has 1 aliphatic carbocycles. The van der Waals surface area contributed by atoms with Crippen LogP contribution in [0, 0.1) is 5.92 Å². The summed E-state index contributed by atoms with van der Waals surface area (Å²) in [6.07, 6.45) is 8.37.